The van der Waals surface area contributed by atoms with Crippen LogP contribution in [0.3, 0.4) is 0 Å². The Bertz CT molecular complexity index is 423. The van der Waals surface area contributed by atoms with E-state index in [1.807, 2.05) is 0 Å². The number of carboxylic acids is 1. The van der Waals surface area contributed by atoms with Crippen molar-refractivity contribution in [3.8, 4) is 0 Å². The highest BCUT2D eigenvalue weighted by molar-refractivity contribution is 7.99. The highest BCUT2D eigenvalue weighted by Gasteiger charge is 2.39. The van der Waals surface area contributed by atoms with E-state index in [1.54, 1.807) is 23.7 Å². The standard InChI is InChI=1S/C14H22N2O4S/c1-15(7-6-12(17)18)14(20)11-8-21-9-16(11)13(19)10-4-2-3-5-10/h10-11H,2-9H2,1H3,(H,17,18). The summed E-state index contributed by atoms with van der Waals surface area (Å²) in [7, 11) is 1.60. The van der Waals surface area contributed by atoms with Crippen LogP contribution in [0.2, 0.25) is 0 Å². The first-order valence-corrected chi connectivity index (χ1v) is 8.51. The van der Waals surface area contributed by atoms with Crippen LogP contribution in [0.5, 0.6) is 0 Å². The zero-order valence-corrected chi connectivity index (χ0v) is 13.1. The Kier molecular flexibility index (Phi) is 5.50. The van der Waals surface area contributed by atoms with Gasteiger partial charge in [0.25, 0.3) is 0 Å². The molecule has 1 unspecified atom stereocenters. The monoisotopic (exact) mass is 314 g/mol. The van der Waals surface area contributed by atoms with Gasteiger partial charge in [-0.1, -0.05) is 12.8 Å². The zero-order chi connectivity index (χ0) is 15.4. The molecule has 2 fully saturated rings. The third kappa shape index (κ3) is 3.90. The van der Waals surface area contributed by atoms with E-state index in [1.165, 1.54) is 4.90 Å². The number of thioether (sulfide) groups is 1. The number of amides is 2. The lowest BCUT2D eigenvalue weighted by Crippen LogP contribution is -2.49. The summed E-state index contributed by atoms with van der Waals surface area (Å²) in [4.78, 5) is 38.6. The number of rotatable bonds is 5. The smallest absolute Gasteiger partial charge is 0.305 e. The molecule has 1 atom stereocenters. The minimum Gasteiger partial charge on any atom is -0.481 e. The second-order valence-electron chi connectivity index (χ2n) is 5.71. The molecule has 118 valence electrons. The first-order chi connectivity index (χ1) is 10.0. The van der Waals surface area contributed by atoms with Gasteiger partial charge in [-0.05, 0) is 12.8 Å². The predicted molar refractivity (Wildman–Crippen MR) is 79.8 cm³/mol. The summed E-state index contributed by atoms with van der Waals surface area (Å²) in [6.45, 7) is 0.181. The van der Waals surface area contributed by atoms with Gasteiger partial charge in [-0.2, -0.15) is 0 Å². The molecule has 1 saturated carbocycles. The van der Waals surface area contributed by atoms with Crippen molar-refractivity contribution in [2.24, 2.45) is 5.92 Å². The highest BCUT2D eigenvalue weighted by Crippen LogP contribution is 2.31. The summed E-state index contributed by atoms with van der Waals surface area (Å²) >= 11 is 1.59. The molecule has 0 aromatic heterocycles. The largest absolute Gasteiger partial charge is 0.481 e. The number of nitrogens with zero attached hydrogens (tertiary/aromatic N) is 2. The predicted octanol–water partition coefficient (Wildman–Crippen LogP) is 1.01. The van der Waals surface area contributed by atoms with Crippen molar-refractivity contribution in [1.82, 2.24) is 9.80 Å². The Morgan fingerprint density at radius 3 is 2.57 bits per heavy atom. The van der Waals surface area contributed by atoms with Crippen molar-refractivity contribution < 1.29 is 19.5 Å². The van der Waals surface area contributed by atoms with Crippen LogP contribution in [-0.2, 0) is 14.4 Å². The van der Waals surface area contributed by atoms with E-state index in [0.29, 0.717) is 11.6 Å². The molecule has 21 heavy (non-hydrogen) atoms. The van der Waals surface area contributed by atoms with Gasteiger partial charge in [-0.25, -0.2) is 0 Å². The minimum absolute atomic E-state index is 0.0708. The van der Waals surface area contributed by atoms with Gasteiger partial charge in [0, 0.05) is 25.3 Å². The average Bonchev–Trinajstić information content (AvgIpc) is 3.13. The Morgan fingerprint density at radius 1 is 1.29 bits per heavy atom. The first kappa shape index (κ1) is 16.1. The molecule has 2 aliphatic rings. The first-order valence-electron chi connectivity index (χ1n) is 7.35. The third-order valence-electron chi connectivity index (χ3n) is 4.19. The number of hydrogen-bond acceptors (Lipinski definition) is 4. The molecule has 7 heteroatoms. The molecular formula is C14H22N2O4S. The number of carbonyl (C=O) groups is 3. The van der Waals surface area contributed by atoms with Crippen LogP contribution < -0.4 is 0 Å². The zero-order valence-electron chi connectivity index (χ0n) is 12.3. The SMILES string of the molecule is CN(CCC(=O)O)C(=O)C1CSCN1C(=O)C1CCCC1. The summed E-state index contributed by atoms with van der Waals surface area (Å²) < 4.78 is 0. The molecule has 6 nitrogen and oxygen atoms in total. The van der Waals surface area contributed by atoms with Gasteiger partial charge in [-0.3, -0.25) is 14.4 Å². The normalized spacial score (nSPS) is 22.5. The maximum Gasteiger partial charge on any atom is 0.305 e. The summed E-state index contributed by atoms with van der Waals surface area (Å²) in [5.74, 6) is 0.278. The number of likely N-dealkylation sites (N-methyl/N-ethyl adjacent to an activating group) is 1. The van der Waals surface area contributed by atoms with Crippen molar-refractivity contribution >= 4 is 29.5 Å². The summed E-state index contributed by atoms with van der Waals surface area (Å²) in [5.41, 5.74) is 0. The second-order valence-corrected chi connectivity index (χ2v) is 6.71. The second kappa shape index (κ2) is 7.15. The van der Waals surface area contributed by atoms with Crippen LogP contribution >= 0.6 is 11.8 Å². The number of hydrogen-bond donors (Lipinski definition) is 1. The van der Waals surface area contributed by atoms with E-state index < -0.39 is 12.0 Å². The van der Waals surface area contributed by atoms with Gasteiger partial charge >= 0.3 is 5.97 Å². The van der Waals surface area contributed by atoms with Gasteiger partial charge in [0.1, 0.15) is 6.04 Å². The van der Waals surface area contributed by atoms with Crippen LogP contribution in [0.4, 0.5) is 0 Å². The van der Waals surface area contributed by atoms with Crippen molar-refractivity contribution in [3.05, 3.63) is 0 Å². The fourth-order valence-corrected chi connectivity index (χ4v) is 4.05. The lowest BCUT2D eigenvalue weighted by atomic mass is 10.1. The molecular weight excluding hydrogens is 292 g/mol. The van der Waals surface area contributed by atoms with E-state index in [-0.39, 0.29) is 30.7 Å². The summed E-state index contributed by atoms with van der Waals surface area (Å²) in [5, 5.41) is 8.69. The number of aliphatic carboxylic acids is 1. The van der Waals surface area contributed by atoms with Crippen LogP contribution in [0, 0.1) is 5.92 Å². The van der Waals surface area contributed by atoms with Crippen LogP contribution in [-0.4, -0.2) is 64.0 Å². The van der Waals surface area contributed by atoms with Crippen LogP contribution in [0.15, 0.2) is 0 Å². The van der Waals surface area contributed by atoms with Gasteiger partial charge in [-0.15, -0.1) is 11.8 Å². The molecule has 0 aromatic carbocycles. The van der Waals surface area contributed by atoms with Gasteiger partial charge in [0.15, 0.2) is 0 Å². The molecule has 1 saturated heterocycles. The number of carboxylic acid groups (broad SMARTS) is 1. The molecule has 0 aromatic rings. The molecule has 0 radical (unpaired) electrons. The van der Waals surface area contributed by atoms with E-state index in [0.717, 1.165) is 25.7 Å². The molecule has 0 bridgehead atoms. The maximum atomic E-state index is 12.5. The summed E-state index contributed by atoms with van der Waals surface area (Å²) in [6, 6.07) is -0.429. The van der Waals surface area contributed by atoms with Gasteiger partial charge < -0.3 is 14.9 Å². The summed E-state index contributed by atoms with van der Waals surface area (Å²) in [6.07, 6.45) is 3.97. The molecule has 1 heterocycles. The topological polar surface area (TPSA) is 77.9 Å². The Balaban J connectivity index is 1.95. The van der Waals surface area contributed by atoms with Gasteiger partial charge in [0.2, 0.25) is 11.8 Å². The number of carbonyl (C=O) groups excluding carboxylic acids is 2. The lowest BCUT2D eigenvalue weighted by Gasteiger charge is -2.28. The highest BCUT2D eigenvalue weighted by atomic mass is 32.2. The fraction of sp³-hybridized carbons (Fsp3) is 0.786. The van der Waals surface area contributed by atoms with E-state index in [9.17, 15) is 14.4 Å². The quantitative estimate of drug-likeness (QED) is 0.819. The Morgan fingerprint density at radius 2 is 1.95 bits per heavy atom. The van der Waals surface area contributed by atoms with Gasteiger partial charge in [0.05, 0.1) is 12.3 Å². The molecule has 2 amide bonds. The van der Waals surface area contributed by atoms with Crippen molar-refractivity contribution in [2.45, 2.75) is 38.1 Å². The Hall–Kier alpha value is -1.24. The molecule has 1 N–H and O–H groups in total. The van der Waals surface area contributed by atoms with Crippen molar-refractivity contribution in [2.75, 3.05) is 25.2 Å². The average molecular weight is 314 g/mol. The van der Waals surface area contributed by atoms with E-state index >= 15 is 0 Å². The molecule has 0 spiro atoms. The lowest BCUT2D eigenvalue weighted by molar-refractivity contribution is -0.145. The maximum absolute atomic E-state index is 12.5. The Labute approximate surface area is 128 Å². The van der Waals surface area contributed by atoms with Crippen LogP contribution in [0.1, 0.15) is 32.1 Å². The van der Waals surface area contributed by atoms with Crippen molar-refractivity contribution in [3.63, 3.8) is 0 Å². The fourth-order valence-electron chi connectivity index (χ4n) is 2.90. The van der Waals surface area contributed by atoms with Crippen molar-refractivity contribution in [1.29, 1.82) is 0 Å². The molecule has 1 aliphatic heterocycles. The van der Waals surface area contributed by atoms with E-state index in [4.69, 9.17) is 5.11 Å². The molecule has 2 rings (SSSR count). The molecule has 1 aliphatic carbocycles. The van der Waals surface area contributed by atoms with E-state index in [2.05, 4.69) is 0 Å². The minimum atomic E-state index is -0.922. The van der Waals surface area contributed by atoms with Crippen LogP contribution in [0.25, 0.3) is 0 Å². The third-order valence-corrected chi connectivity index (χ3v) is 5.20.